The van der Waals surface area contributed by atoms with E-state index in [0.717, 1.165) is 13.0 Å². The van der Waals surface area contributed by atoms with E-state index in [1.54, 1.807) is 6.20 Å². The minimum Gasteiger partial charge on any atom is -0.364 e. The fourth-order valence-electron chi connectivity index (χ4n) is 2.31. The largest absolute Gasteiger partial charge is 0.364 e. The Morgan fingerprint density at radius 1 is 1.41 bits per heavy atom. The molecule has 1 amide bonds. The molecule has 1 aliphatic rings. The number of nitrogens with two attached hydrogens (primary N) is 2. The van der Waals surface area contributed by atoms with Crippen LogP contribution in [0.3, 0.4) is 0 Å². The molecule has 92 valence electrons. The highest BCUT2D eigenvalue weighted by molar-refractivity contribution is 5.95. The quantitative estimate of drug-likeness (QED) is 0.736. The van der Waals surface area contributed by atoms with Crippen molar-refractivity contribution in [1.29, 1.82) is 0 Å². The Hall–Kier alpha value is -1.69. The molecule has 1 aliphatic heterocycles. The van der Waals surface area contributed by atoms with E-state index in [0.29, 0.717) is 18.3 Å². The normalized spacial score (nSPS) is 24.7. The summed E-state index contributed by atoms with van der Waals surface area (Å²) in [5.74, 6) is 0.461. The highest BCUT2D eigenvalue weighted by Gasteiger charge is 2.26. The summed E-state index contributed by atoms with van der Waals surface area (Å²) < 4.78 is 0. The topological polar surface area (TPSA) is 98.1 Å². The minimum absolute atomic E-state index is 0.0986. The molecular formula is C11H17N5O. The van der Waals surface area contributed by atoms with Crippen molar-refractivity contribution in [2.45, 2.75) is 19.4 Å². The Morgan fingerprint density at radius 2 is 2.12 bits per heavy atom. The number of piperidine rings is 1. The highest BCUT2D eigenvalue weighted by atomic mass is 16.1. The lowest BCUT2D eigenvalue weighted by atomic mass is 9.96. The molecule has 1 saturated heterocycles. The summed E-state index contributed by atoms with van der Waals surface area (Å²) in [6.07, 6.45) is 4.02. The van der Waals surface area contributed by atoms with E-state index in [-0.39, 0.29) is 11.7 Å². The van der Waals surface area contributed by atoms with Crippen LogP contribution in [0.1, 0.15) is 23.8 Å². The van der Waals surface area contributed by atoms with Crippen LogP contribution in [0.4, 0.5) is 5.82 Å². The molecule has 6 heteroatoms. The highest BCUT2D eigenvalue weighted by Crippen LogP contribution is 2.22. The van der Waals surface area contributed by atoms with Crippen molar-refractivity contribution in [2.75, 3.05) is 18.0 Å². The number of aromatic nitrogens is 2. The Labute approximate surface area is 100 Å². The van der Waals surface area contributed by atoms with Crippen molar-refractivity contribution in [3.05, 3.63) is 18.1 Å². The number of carbonyl (C=O) groups is 1. The van der Waals surface area contributed by atoms with Crippen LogP contribution >= 0.6 is 0 Å². The van der Waals surface area contributed by atoms with Gasteiger partial charge in [0.25, 0.3) is 5.91 Å². The van der Waals surface area contributed by atoms with Crippen LogP contribution in [-0.2, 0) is 0 Å². The maximum atomic E-state index is 11.3. The van der Waals surface area contributed by atoms with E-state index in [1.807, 2.05) is 4.90 Å². The second-order valence-electron chi connectivity index (χ2n) is 4.60. The van der Waals surface area contributed by atoms with E-state index < -0.39 is 5.91 Å². The van der Waals surface area contributed by atoms with Crippen LogP contribution in [0.15, 0.2) is 12.4 Å². The number of rotatable bonds is 2. The zero-order chi connectivity index (χ0) is 12.4. The number of primary amides is 1. The zero-order valence-corrected chi connectivity index (χ0v) is 9.84. The van der Waals surface area contributed by atoms with Gasteiger partial charge in [-0.3, -0.25) is 4.79 Å². The van der Waals surface area contributed by atoms with Crippen LogP contribution in [-0.4, -0.2) is 35.0 Å². The lowest BCUT2D eigenvalue weighted by Crippen LogP contribution is -2.47. The third-order valence-electron chi connectivity index (χ3n) is 2.90. The van der Waals surface area contributed by atoms with Gasteiger partial charge in [-0.15, -0.1) is 0 Å². The summed E-state index contributed by atoms with van der Waals surface area (Å²) in [5, 5.41) is 0. The molecule has 4 N–H and O–H groups in total. The lowest BCUT2D eigenvalue weighted by molar-refractivity contribution is 0.0995. The number of nitrogens with zero attached hydrogens (tertiary/aromatic N) is 3. The summed E-state index contributed by atoms with van der Waals surface area (Å²) in [5.41, 5.74) is 11.5. The Kier molecular flexibility index (Phi) is 3.23. The summed E-state index contributed by atoms with van der Waals surface area (Å²) in [6, 6.07) is 0.0986. The van der Waals surface area contributed by atoms with Crippen LogP contribution in [0, 0.1) is 5.92 Å². The Morgan fingerprint density at radius 3 is 2.76 bits per heavy atom. The van der Waals surface area contributed by atoms with E-state index in [1.165, 1.54) is 6.20 Å². The second-order valence-corrected chi connectivity index (χ2v) is 4.60. The number of hydrogen-bond donors (Lipinski definition) is 2. The number of anilines is 1. The Bertz CT molecular complexity index is 412. The molecule has 0 radical (unpaired) electrons. The lowest BCUT2D eigenvalue weighted by Gasteiger charge is -2.35. The molecule has 1 aromatic heterocycles. The van der Waals surface area contributed by atoms with E-state index in [4.69, 9.17) is 11.5 Å². The summed E-state index contributed by atoms with van der Waals surface area (Å²) >= 11 is 0. The van der Waals surface area contributed by atoms with Crippen LogP contribution in [0.2, 0.25) is 0 Å². The first kappa shape index (κ1) is 11.8. The predicted molar refractivity (Wildman–Crippen MR) is 64.5 cm³/mol. The summed E-state index contributed by atoms with van der Waals surface area (Å²) in [7, 11) is 0. The van der Waals surface area contributed by atoms with Gasteiger partial charge in [-0.25, -0.2) is 9.97 Å². The van der Waals surface area contributed by atoms with E-state index in [9.17, 15) is 4.79 Å². The molecule has 0 bridgehead atoms. The molecular weight excluding hydrogens is 218 g/mol. The monoisotopic (exact) mass is 235 g/mol. The van der Waals surface area contributed by atoms with Gasteiger partial charge in [-0.2, -0.15) is 0 Å². The summed E-state index contributed by atoms with van der Waals surface area (Å²) in [6.45, 7) is 3.64. The van der Waals surface area contributed by atoms with Gasteiger partial charge in [0, 0.05) is 31.5 Å². The van der Waals surface area contributed by atoms with Gasteiger partial charge in [0.05, 0.1) is 0 Å². The minimum atomic E-state index is -0.556. The number of carbonyl (C=O) groups excluding carboxylic acids is 1. The van der Waals surface area contributed by atoms with Crippen molar-refractivity contribution in [1.82, 2.24) is 9.97 Å². The van der Waals surface area contributed by atoms with Crippen molar-refractivity contribution in [3.8, 4) is 0 Å². The van der Waals surface area contributed by atoms with Crippen LogP contribution in [0.25, 0.3) is 0 Å². The second kappa shape index (κ2) is 4.67. The average molecular weight is 235 g/mol. The van der Waals surface area contributed by atoms with Gasteiger partial charge in [0.1, 0.15) is 0 Å². The molecule has 2 atom stereocenters. The smallest absolute Gasteiger partial charge is 0.271 e. The third kappa shape index (κ3) is 2.52. The van der Waals surface area contributed by atoms with Gasteiger partial charge in [0.2, 0.25) is 0 Å². The maximum Gasteiger partial charge on any atom is 0.271 e. The first-order valence-electron chi connectivity index (χ1n) is 5.69. The average Bonchev–Trinajstić information content (AvgIpc) is 2.27. The first-order chi connectivity index (χ1) is 8.08. The van der Waals surface area contributed by atoms with Gasteiger partial charge in [0.15, 0.2) is 11.5 Å². The molecule has 1 fully saturated rings. The molecule has 1 aromatic rings. The van der Waals surface area contributed by atoms with Gasteiger partial charge in [-0.05, 0) is 12.3 Å². The Balaban J connectivity index is 2.30. The first-order valence-corrected chi connectivity index (χ1v) is 5.69. The molecule has 6 nitrogen and oxygen atoms in total. The molecule has 2 unspecified atom stereocenters. The fraction of sp³-hybridized carbons (Fsp3) is 0.545. The molecule has 2 rings (SSSR count). The summed E-state index contributed by atoms with van der Waals surface area (Å²) in [4.78, 5) is 21.5. The maximum absolute atomic E-state index is 11.3. The number of amides is 1. The van der Waals surface area contributed by atoms with Gasteiger partial charge < -0.3 is 16.4 Å². The van der Waals surface area contributed by atoms with Crippen molar-refractivity contribution >= 4 is 11.7 Å². The van der Waals surface area contributed by atoms with Crippen LogP contribution < -0.4 is 16.4 Å². The number of hydrogen-bond acceptors (Lipinski definition) is 5. The van der Waals surface area contributed by atoms with Gasteiger partial charge in [-0.1, -0.05) is 6.92 Å². The van der Waals surface area contributed by atoms with Crippen molar-refractivity contribution < 1.29 is 4.79 Å². The van der Waals surface area contributed by atoms with E-state index >= 15 is 0 Å². The molecule has 17 heavy (non-hydrogen) atoms. The molecule has 2 heterocycles. The third-order valence-corrected chi connectivity index (χ3v) is 2.90. The van der Waals surface area contributed by atoms with Gasteiger partial charge >= 0.3 is 0 Å². The SMILES string of the molecule is CC1CC(N)CN(c2nccnc2C(N)=O)C1. The molecule has 0 spiro atoms. The van der Waals surface area contributed by atoms with Crippen LogP contribution in [0.5, 0.6) is 0 Å². The molecule has 0 aliphatic carbocycles. The zero-order valence-electron chi connectivity index (χ0n) is 9.84. The molecule has 0 saturated carbocycles. The van der Waals surface area contributed by atoms with Crippen molar-refractivity contribution in [3.63, 3.8) is 0 Å². The standard InChI is InChI=1S/C11H17N5O/c1-7-4-8(12)6-16(5-7)11-9(10(13)17)14-2-3-15-11/h2-3,7-8H,4-6,12H2,1H3,(H2,13,17). The molecule has 0 aromatic carbocycles. The predicted octanol–water partition coefficient (Wildman–Crippen LogP) is -0.251. The fourth-order valence-corrected chi connectivity index (χ4v) is 2.31. The van der Waals surface area contributed by atoms with Crippen molar-refractivity contribution in [2.24, 2.45) is 17.4 Å². The van der Waals surface area contributed by atoms with E-state index in [2.05, 4.69) is 16.9 Å².